The molecule has 2 aliphatic heterocycles. The van der Waals surface area contributed by atoms with Crippen LogP contribution in [0.4, 0.5) is 5.82 Å². The predicted octanol–water partition coefficient (Wildman–Crippen LogP) is 1.77. The summed E-state index contributed by atoms with van der Waals surface area (Å²) in [6.07, 6.45) is 7.10. The monoisotopic (exact) mass is 369 g/mol. The minimum absolute atomic E-state index is 0.0590. The number of nitrogens with zero attached hydrogens (tertiary/aromatic N) is 3. The lowest BCUT2D eigenvalue weighted by molar-refractivity contribution is -0.127. The van der Waals surface area contributed by atoms with E-state index in [0.29, 0.717) is 42.2 Å². The predicted molar refractivity (Wildman–Crippen MR) is 101 cm³/mol. The summed E-state index contributed by atoms with van der Waals surface area (Å²) < 4.78 is 5.36. The lowest BCUT2D eigenvalue weighted by Crippen LogP contribution is -2.44. The first kappa shape index (κ1) is 17.7. The van der Waals surface area contributed by atoms with Gasteiger partial charge in [0.05, 0.1) is 12.0 Å². The van der Waals surface area contributed by atoms with Gasteiger partial charge in [-0.25, -0.2) is 9.97 Å². The highest BCUT2D eigenvalue weighted by Crippen LogP contribution is 2.29. The lowest BCUT2D eigenvalue weighted by atomic mass is 9.97. The molecule has 0 radical (unpaired) electrons. The van der Waals surface area contributed by atoms with E-state index in [-0.39, 0.29) is 23.7 Å². The first-order valence-electron chi connectivity index (χ1n) is 9.29. The van der Waals surface area contributed by atoms with Gasteiger partial charge in [0.25, 0.3) is 0 Å². The van der Waals surface area contributed by atoms with Gasteiger partial charge in [0.1, 0.15) is 17.8 Å². The summed E-state index contributed by atoms with van der Waals surface area (Å²) in [6.45, 7) is 5.96. The Hall–Kier alpha value is -2.74. The van der Waals surface area contributed by atoms with E-state index in [1.165, 1.54) is 12.4 Å². The van der Waals surface area contributed by atoms with Crippen LogP contribution in [0.1, 0.15) is 29.6 Å². The summed E-state index contributed by atoms with van der Waals surface area (Å²) in [5.41, 5.74) is 1.23. The Kier molecular flexibility index (Phi) is 4.89. The van der Waals surface area contributed by atoms with Crippen molar-refractivity contribution in [3.8, 4) is 0 Å². The van der Waals surface area contributed by atoms with Gasteiger partial charge in [-0.05, 0) is 25.3 Å². The number of ether oxygens (including phenoxy) is 1. The summed E-state index contributed by atoms with van der Waals surface area (Å²) >= 11 is 0. The van der Waals surface area contributed by atoms with Crippen molar-refractivity contribution in [1.29, 1.82) is 0 Å². The topological polar surface area (TPSA) is 100 Å². The molecule has 2 aromatic rings. The largest absolute Gasteiger partial charge is 0.381 e. The van der Waals surface area contributed by atoms with Crippen LogP contribution < -0.4 is 5.32 Å². The van der Waals surface area contributed by atoms with Crippen LogP contribution in [0.3, 0.4) is 0 Å². The number of carbonyl (C=O) groups is 2. The van der Waals surface area contributed by atoms with E-state index in [0.717, 1.165) is 25.8 Å². The third-order valence-electron chi connectivity index (χ3n) is 5.28. The molecule has 2 saturated heterocycles. The van der Waals surface area contributed by atoms with Crippen molar-refractivity contribution in [3.63, 3.8) is 0 Å². The number of nitrogens with one attached hydrogen (secondary N) is 2. The van der Waals surface area contributed by atoms with Crippen LogP contribution in [0.15, 0.2) is 25.2 Å². The number of anilines is 1. The summed E-state index contributed by atoms with van der Waals surface area (Å²) in [5, 5.41) is 4.13. The third-order valence-corrected chi connectivity index (χ3v) is 5.28. The number of aromatic nitrogens is 3. The molecule has 0 spiro atoms. The maximum atomic E-state index is 12.9. The highest BCUT2D eigenvalue weighted by molar-refractivity contribution is 6.11. The van der Waals surface area contributed by atoms with Crippen molar-refractivity contribution < 1.29 is 14.3 Å². The molecule has 2 aliphatic rings. The van der Waals surface area contributed by atoms with Crippen molar-refractivity contribution in [3.05, 3.63) is 30.7 Å². The number of amides is 1. The zero-order valence-electron chi connectivity index (χ0n) is 15.1. The Labute approximate surface area is 157 Å². The molecule has 0 aliphatic carbocycles. The van der Waals surface area contributed by atoms with E-state index in [4.69, 9.17) is 4.74 Å². The van der Waals surface area contributed by atoms with E-state index in [2.05, 4.69) is 26.8 Å². The summed E-state index contributed by atoms with van der Waals surface area (Å²) in [4.78, 5) is 38.3. The van der Waals surface area contributed by atoms with Crippen LogP contribution in [-0.4, -0.2) is 63.9 Å². The Balaban J connectivity index is 1.60. The number of likely N-dealkylation sites (tertiary alicyclic amines) is 1. The van der Waals surface area contributed by atoms with Crippen molar-refractivity contribution in [1.82, 2.24) is 19.9 Å². The molecule has 0 aromatic carbocycles. The van der Waals surface area contributed by atoms with Crippen molar-refractivity contribution >= 4 is 28.5 Å². The number of rotatable bonds is 5. The van der Waals surface area contributed by atoms with Crippen LogP contribution in [0, 0.1) is 5.92 Å². The Morgan fingerprint density at radius 1 is 1.37 bits per heavy atom. The first-order valence-corrected chi connectivity index (χ1v) is 9.29. The SMILES string of the molecule is C=CC(=O)N1CCC[C@@H](Nc2ncnc3[nH]cc(C(=O)[C@H]4CCOC4)c23)C1. The normalized spacial score (nSPS) is 22.7. The number of H-pyrrole nitrogens is 1. The van der Waals surface area contributed by atoms with Crippen LogP contribution in [-0.2, 0) is 9.53 Å². The quantitative estimate of drug-likeness (QED) is 0.615. The van der Waals surface area contributed by atoms with E-state index >= 15 is 0 Å². The van der Waals surface area contributed by atoms with Gasteiger partial charge in [0, 0.05) is 43.4 Å². The summed E-state index contributed by atoms with van der Waals surface area (Å²) in [7, 11) is 0. The lowest BCUT2D eigenvalue weighted by Gasteiger charge is -2.32. The van der Waals surface area contributed by atoms with Crippen molar-refractivity contribution in [2.45, 2.75) is 25.3 Å². The van der Waals surface area contributed by atoms with Gasteiger partial charge >= 0.3 is 0 Å². The Morgan fingerprint density at radius 2 is 2.26 bits per heavy atom. The van der Waals surface area contributed by atoms with E-state index in [9.17, 15) is 9.59 Å². The average molecular weight is 369 g/mol. The number of Topliss-reactive ketones (excluding diaryl/α,β-unsaturated/α-hetero) is 1. The van der Waals surface area contributed by atoms with Crippen molar-refractivity contribution in [2.75, 3.05) is 31.6 Å². The molecule has 0 bridgehead atoms. The van der Waals surface area contributed by atoms with Gasteiger partial charge in [-0.2, -0.15) is 0 Å². The molecule has 8 nitrogen and oxygen atoms in total. The molecule has 2 N–H and O–H groups in total. The second-order valence-corrected chi connectivity index (χ2v) is 7.04. The van der Waals surface area contributed by atoms with Crippen molar-refractivity contribution in [2.24, 2.45) is 5.92 Å². The van der Waals surface area contributed by atoms with Gasteiger partial charge in [0.2, 0.25) is 5.91 Å². The standard InChI is InChI=1S/C19H23N5O3/c1-2-15(25)24-6-3-4-13(9-24)23-19-16-14(8-20-18(16)21-11-22-19)17(26)12-5-7-27-10-12/h2,8,11-13H,1,3-7,9-10H2,(H2,20,21,22,23)/t12-,13+/m0/s1. The number of piperidine rings is 1. The zero-order valence-corrected chi connectivity index (χ0v) is 15.1. The fourth-order valence-corrected chi connectivity index (χ4v) is 3.85. The molecule has 2 aromatic heterocycles. The highest BCUT2D eigenvalue weighted by atomic mass is 16.5. The second kappa shape index (κ2) is 7.48. The van der Waals surface area contributed by atoms with Crippen LogP contribution in [0.5, 0.6) is 0 Å². The maximum absolute atomic E-state index is 12.9. The average Bonchev–Trinajstić information content (AvgIpc) is 3.37. The molecule has 142 valence electrons. The maximum Gasteiger partial charge on any atom is 0.246 e. The zero-order chi connectivity index (χ0) is 18.8. The van der Waals surface area contributed by atoms with Gasteiger partial charge in [-0.1, -0.05) is 6.58 Å². The van der Waals surface area contributed by atoms with Gasteiger partial charge in [-0.3, -0.25) is 9.59 Å². The fourth-order valence-electron chi connectivity index (χ4n) is 3.85. The minimum Gasteiger partial charge on any atom is -0.381 e. The van der Waals surface area contributed by atoms with Gasteiger partial charge in [0.15, 0.2) is 5.78 Å². The molecule has 2 atom stereocenters. The molecule has 4 heterocycles. The number of hydrogen-bond acceptors (Lipinski definition) is 6. The molecule has 0 unspecified atom stereocenters. The van der Waals surface area contributed by atoms with E-state index in [1.54, 1.807) is 11.1 Å². The molecule has 0 saturated carbocycles. The number of aromatic amines is 1. The molecule has 1 amide bonds. The smallest absolute Gasteiger partial charge is 0.246 e. The fraction of sp³-hybridized carbons (Fsp3) is 0.474. The van der Waals surface area contributed by atoms with Crippen LogP contribution >= 0.6 is 0 Å². The number of ketones is 1. The summed E-state index contributed by atoms with van der Waals surface area (Å²) in [6, 6.07) is 0.0633. The Morgan fingerprint density at radius 3 is 3.04 bits per heavy atom. The Bertz CT molecular complexity index is 871. The number of hydrogen-bond donors (Lipinski definition) is 2. The second-order valence-electron chi connectivity index (χ2n) is 7.04. The highest BCUT2D eigenvalue weighted by Gasteiger charge is 2.29. The molecule has 8 heteroatoms. The molecular weight excluding hydrogens is 346 g/mol. The first-order chi connectivity index (χ1) is 13.2. The van der Waals surface area contributed by atoms with E-state index in [1.807, 2.05) is 0 Å². The van der Waals surface area contributed by atoms with Gasteiger partial charge < -0.3 is 19.9 Å². The molecule has 4 rings (SSSR count). The van der Waals surface area contributed by atoms with Gasteiger partial charge in [-0.15, -0.1) is 0 Å². The third kappa shape index (κ3) is 3.44. The number of carbonyl (C=O) groups excluding carboxylic acids is 2. The van der Waals surface area contributed by atoms with E-state index < -0.39 is 0 Å². The summed E-state index contributed by atoms with van der Waals surface area (Å²) in [5.74, 6) is 0.505. The minimum atomic E-state index is -0.118. The van der Waals surface area contributed by atoms with Crippen LogP contribution in [0.2, 0.25) is 0 Å². The molecule has 27 heavy (non-hydrogen) atoms. The molecule has 2 fully saturated rings. The van der Waals surface area contributed by atoms with Crippen LogP contribution in [0.25, 0.3) is 11.0 Å². The number of fused-ring (bicyclic) bond motifs is 1. The molecular formula is C19H23N5O3.